The smallest absolute Gasteiger partial charge is 0.0710 e. The van der Waals surface area contributed by atoms with Gasteiger partial charge in [0.05, 0.1) is 11.1 Å². The van der Waals surface area contributed by atoms with Crippen LogP contribution in [0.3, 0.4) is 0 Å². The van der Waals surface area contributed by atoms with Crippen molar-refractivity contribution in [1.29, 1.82) is 0 Å². The average Bonchev–Trinajstić information content (AvgIpc) is 2.27. The molecule has 1 aromatic carbocycles. The molecule has 0 N–H and O–H groups in total. The Hall–Kier alpha value is -1.37. The van der Waals surface area contributed by atoms with Gasteiger partial charge in [0.2, 0.25) is 0 Å². The monoisotopic (exact) mass is 128 g/mol. The number of benzene rings is 1. The van der Waals surface area contributed by atoms with Gasteiger partial charge in [0.25, 0.3) is 0 Å². The molecule has 1 nitrogen and oxygen atoms in total. The van der Waals surface area contributed by atoms with Crippen molar-refractivity contribution in [1.82, 2.24) is 0 Å². The van der Waals surface area contributed by atoms with E-state index in [1.807, 2.05) is 30.3 Å². The maximum Gasteiger partial charge on any atom is 0.0710 e. The Morgan fingerprint density at radius 3 is 2.80 bits per heavy atom. The molecule has 0 saturated carbocycles. The third-order valence-electron chi connectivity index (χ3n) is 1.49. The van der Waals surface area contributed by atoms with E-state index in [-0.39, 0.29) is 0 Å². The second kappa shape index (κ2) is 1.81. The van der Waals surface area contributed by atoms with Gasteiger partial charge in [0.15, 0.2) is 0 Å². The molecule has 1 aromatic rings. The summed E-state index contributed by atoms with van der Waals surface area (Å²) in [4.78, 5) is 4.09. The predicted octanol–water partition coefficient (Wildman–Crippen LogP) is 0.417. The Morgan fingerprint density at radius 2 is 2.00 bits per heavy atom. The molecule has 10 heavy (non-hydrogen) atoms. The van der Waals surface area contributed by atoms with Gasteiger partial charge in [-0.15, -0.1) is 0 Å². The molecule has 1 heterocycles. The summed E-state index contributed by atoms with van der Waals surface area (Å²) in [5.41, 5.74) is 0.598. The molecule has 0 spiro atoms. The summed E-state index contributed by atoms with van der Waals surface area (Å²) in [7, 11) is 0. The normalized spacial score (nSPS) is 13.8. The molecule has 0 aromatic heterocycles. The number of nitrogens with zero attached hydrogens (tertiary/aromatic N) is 1. The molecule has 1 aliphatic rings. The first kappa shape index (κ1) is 5.42. The second-order valence-electron chi connectivity index (χ2n) is 2.24. The summed E-state index contributed by atoms with van der Waals surface area (Å²) >= 11 is 0. The zero-order valence-electron chi connectivity index (χ0n) is 5.41. The van der Waals surface area contributed by atoms with Crippen LogP contribution < -0.4 is 10.6 Å². The number of para-hydroxylation sites is 1. The molecule has 47 valence electrons. The highest BCUT2D eigenvalue weighted by atomic mass is 14.7. The lowest BCUT2D eigenvalue weighted by molar-refractivity contribution is 1.32. The zero-order chi connectivity index (χ0) is 6.97. The van der Waals surface area contributed by atoms with E-state index < -0.39 is 0 Å². The van der Waals surface area contributed by atoms with Crippen LogP contribution in [0.1, 0.15) is 0 Å². The van der Waals surface area contributed by atoms with Crippen LogP contribution in [0.4, 0.5) is 0 Å². The van der Waals surface area contributed by atoms with Gasteiger partial charge < -0.3 is 0 Å². The van der Waals surface area contributed by atoms with Crippen molar-refractivity contribution < 1.29 is 0 Å². The van der Waals surface area contributed by atoms with Crippen LogP contribution >= 0.6 is 0 Å². The van der Waals surface area contributed by atoms with Crippen molar-refractivity contribution in [3.05, 3.63) is 47.1 Å². The standard InChI is InChI=1S/C9H6N/c1-7-6-8-4-2-3-5-9(8)10-7/h1-6H. The van der Waals surface area contributed by atoms with Gasteiger partial charge in [-0.1, -0.05) is 18.2 Å². The van der Waals surface area contributed by atoms with E-state index in [1.165, 1.54) is 0 Å². The molecule has 0 bridgehead atoms. The van der Waals surface area contributed by atoms with E-state index in [9.17, 15) is 0 Å². The summed E-state index contributed by atoms with van der Waals surface area (Å²) in [5.74, 6) is 0. The Labute approximate surface area is 59.0 Å². The Balaban J connectivity index is 2.96. The van der Waals surface area contributed by atoms with Gasteiger partial charge in [-0.05, 0) is 18.7 Å². The highest BCUT2D eigenvalue weighted by Gasteiger charge is 1.94. The summed E-state index contributed by atoms with van der Waals surface area (Å²) in [6.45, 7) is 5.48. The summed E-state index contributed by atoms with van der Waals surface area (Å²) < 4.78 is 0. The van der Waals surface area contributed by atoms with Crippen molar-refractivity contribution in [3.63, 3.8) is 0 Å². The lowest BCUT2D eigenvalue weighted by atomic mass is 10.3. The number of allylic oxidation sites excluding steroid dienone is 1. The van der Waals surface area contributed by atoms with Gasteiger partial charge >= 0.3 is 0 Å². The molecular weight excluding hydrogens is 122 g/mol. The maximum atomic E-state index is 5.48. The minimum absolute atomic E-state index is 0.598. The maximum absolute atomic E-state index is 5.48. The lowest BCUT2D eigenvalue weighted by Crippen LogP contribution is -2.19. The van der Waals surface area contributed by atoms with E-state index in [4.69, 9.17) is 6.58 Å². The van der Waals surface area contributed by atoms with Crippen LogP contribution in [-0.2, 0) is 0 Å². The van der Waals surface area contributed by atoms with Crippen LogP contribution in [0.5, 0.6) is 0 Å². The first-order chi connectivity index (χ1) is 4.86. The van der Waals surface area contributed by atoms with Gasteiger partial charge in [0, 0.05) is 5.22 Å². The van der Waals surface area contributed by atoms with Gasteiger partial charge in [-0.2, -0.15) is 0 Å². The SMILES string of the molecule is [CH]=C1C=c2ccccc2=N1. The van der Waals surface area contributed by atoms with Gasteiger partial charge in [-0.3, -0.25) is 0 Å². The molecule has 0 atom stereocenters. The molecule has 1 heteroatoms. The minimum atomic E-state index is 0.598. The van der Waals surface area contributed by atoms with Crippen molar-refractivity contribution in [2.75, 3.05) is 0 Å². The number of rotatable bonds is 0. The molecule has 0 amide bonds. The van der Waals surface area contributed by atoms with E-state index in [1.54, 1.807) is 0 Å². The van der Waals surface area contributed by atoms with E-state index in [0.717, 1.165) is 10.6 Å². The Bertz CT molecular complexity index is 350. The van der Waals surface area contributed by atoms with Crippen molar-refractivity contribution >= 4 is 6.08 Å². The minimum Gasteiger partial charge on any atom is -0.248 e. The molecule has 0 fully saturated rings. The topological polar surface area (TPSA) is 12.4 Å². The van der Waals surface area contributed by atoms with Crippen molar-refractivity contribution in [2.45, 2.75) is 0 Å². The van der Waals surface area contributed by atoms with Crippen LogP contribution in [0, 0.1) is 6.58 Å². The molecule has 0 aliphatic carbocycles. The van der Waals surface area contributed by atoms with Crippen LogP contribution in [0.2, 0.25) is 0 Å². The highest BCUT2D eigenvalue weighted by molar-refractivity contribution is 5.46. The molecular formula is C9H6N. The van der Waals surface area contributed by atoms with Crippen LogP contribution in [0.25, 0.3) is 6.08 Å². The molecule has 1 aliphatic heterocycles. The first-order valence-electron chi connectivity index (χ1n) is 3.14. The van der Waals surface area contributed by atoms with E-state index >= 15 is 0 Å². The number of hydrogen-bond donors (Lipinski definition) is 0. The van der Waals surface area contributed by atoms with Gasteiger partial charge in [0.1, 0.15) is 0 Å². The highest BCUT2D eigenvalue weighted by Crippen LogP contribution is 1.94. The van der Waals surface area contributed by atoms with Gasteiger partial charge in [-0.25, -0.2) is 4.99 Å². The van der Waals surface area contributed by atoms with Crippen LogP contribution in [0.15, 0.2) is 35.0 Å². The van der Waals surface area contributed by atoms with Crippen molar-refractivity contribution in [2.24, 2.45) is 4.99 Å². The first-order valence-corrected chi connectivity index (χ1v) is 3.14. The van der Waals surface area contributed by atoms with Crippen LogP contribution in [-0.4, -0.2) is 0 Å². The Kier molecular flexibility index (Phi) is 0.978. The largest absolute Gasteiger partial charge is 0.248 e. The van der Waals surface area contributed by atoms with Crippen molar-refractivity contribution in [3.8, 4) is 0 Å². The summed E-state index contributed by atoms with van der Waals surface area (Å²) in [6, 6.07) is 7.88. The molecule has 2 rings (SSSR count). The quantitative estimate of drug-likeness (QED) is 0.480. The fraction of sp³-hybridized carbons (Fsp3) is 0. The summed E-state index contributed by atoms with van der Waals surface area (Å²) in [5, 5.41) is 2.08. The third-order valence-corrected chi connectivity index (χ3v) is 1.49. The fourth-order valence-corrected chi connectivity index (χ4v) is 1.04. The number of hydrogen-bond acceptors (Lipinski definition) is 1. The molecule has 0 unspecified atom stereocenters. The zero-order valence-corrected chi connectivity index (χ0v) is 5.41. The average molecular weight is 128 g/mol. The summed E-state index contributed by atoms with van der Waals surface area (Å²) in [6.07, 6.45) is 1.87. The third kappa shape index (κ3) is 0.676. The molecule has 1 radical (unpaired) electrons. The predicted molar refractivity (Wildman–Crippen MR) is 39.5 cm³/mol. The van der Waals surface area contributed by atoms with E-state index in [2.05, 4.69) is 4.99 Å². The molecule has 0 saturated heterocycles. The Morgan fingerprint density at radius 1 is 1.20 bits per heavy atom. The second-order valence-corrected chi connectivity index (χ2v) is 2.24. The fourth-order valence-electron chi connectivity index (χ4n) is 1.04. The van der Waals surface area contributed by atoms with E-state index in [0.29, 0.717) is 5.70 Å². The lowest BCUT2D eigenvalue weighted by Gasteiger charge is -1.77. The number of fused-ring (bicyclic) bond motifs is 1.